The summed E-state index contributed by atoms with van der Waals surface area (Å²) in [6.07, 6.45) is 3.01. The second-order valence-corrected chi connectivity index (χ2v) is 8.78. The highest BCUT2D eigenvalue weighted by Gasteiger charge is 2.47. The highest BCUT2D eigenvalue weighted by Crippen LogP contribution is 2.42. The van der Waals surface area contributed by atoms with Crippen LogP contribution in [0.1, 0.15) is 39.2 Å². The molecule has 0 spiro atoms. The van der Waals surface area contributed by atoms with E-state index in [1.807, 2.05) is 68.4 Å². The molecule has 0 saturated carbocycles. The van der Waals surface area contributed by atoms with Gasteiger partial charge >= 0.3 is 0 Å². The molecule has 5 nitrogen and oxygen atoms in total. The van der Waals surface area contributed by atoms with E-state index in [1.54, 1.807) is 4.90 Å². The minimum atomic E-state index is -0.842. The summed E-state index contributed by atoms with van der Waals surface area (Å²) in [6, 6.07) is 17.6. The molecule has 2 N–H and O–H groups in total. The first-order valence-electron chi connectivity index (χ1n) is 10.7. The maximum Gasteiger partial charge on any atom is 0.218 e. The maximum atomic E-state index is 11.6. The summed E-state index contributed by atoms with van der Waals surface area (Å²) in [5, 5.41) is 20.0. The van der Waals surface area contributed by atoms with Crippen LogP contribution < -0.4 is 4.90 Å². The predicted molar refractivity (Wildman–Crippen MR) is 119 cm³/mol. The van der Waals surface area contributed by atoms with Crippen LogP contribution in [-0.2, 0) is 16.0 Å². The minimum Gasteiger partial charge on any atom is -0.396 e. The van der Waals surface area contributed by atoms with Gasteiger partial charge in [0.2, 0.25) is 6.41 Å². The molecule has 2 aromatic carbocycles. The third-order valence-electron chi connectivity index (χ3n) is 6.20. The van der Waals surface area contributed by atoms with Crippen molar-refractivity contribution in [3.8, 4) is 0 Å². The lowest BCUT2D eigenvalue weighted by Gasteiger charge is -2.32. The summed E-state index contributed by atoms with van der Waals surface area (Å²) in [5.41, 5.74) is 2.00. The Morgan fingerprint density at radius 1 is 1.00 bits per heavy atom. The topological polar surface area (TPSA) is 70.0 Å². The predicted octanol–water partition coefficient (Wildman–Crippen LogP) is 4.09. The number of aryl methyl sites for hydroxylation is 1. The van der Waals surface area contributed by atoms with Gasteiger partial charge in [-0.25, -0.2) is 0 Å². The number of anilines is 2. The van der Waals surface area contributed by atoms with E-state index in [0.29, 0.717) is 6.42 Å². The van der Waals surface area contributed by atoms with E-state index in [4.69, 9.17) is 4.74 Å². The number of hydrogen-bond donors (Lipinski definition) is 2. The molecule has 4 atom stereocenters. The first-order chi connectivity index (χ1) is 14.3. The Morgan fingerprint density at radius 3 is 2.20 bits per heavy atom. The Labute approximate surface area is 179 Å². The Bertz CT molecular complexity index is 800. The average Bonchev–Trinajstić information content (AvgIpc) is 3.04. The van der Waals surface area contributed by atoms with Crippen LogP contribution in [0.2, 0.25) is 0 Å². The van der Waals surface area contributed by atoms with Gasteiger partial charge in [-0.05, 0) is 68.9 Å². The molecule has 0 radical (unpaired) electrons. The van der Waals surface area contributed by atoms with Crippen molar-refractivity contribution in [2.75, 3.05) is 11.5 Å². The van der Waals surface area contributed by atoms with Gasteiger partial charge in [-0.15, -0.1) is 0 Å². The summed E-state index contributed by atoms with van der Waals surface area (Å²) in [4.78, 5) is 13.2. The Kier molecular flexibility index (Phi) is 7.29. The van der Waals surface area contributed by atoms with E-state index < -0.39 is 5.60 Å². The van der Waals surface area contributed by atoms with Crippen LogP contribution >= 0.6 is 0 Å². The van der Waals surface area contributed by atoms with Crippen molar-refractivity contribution in [2.45, 2.75) is 57.8 Å². The molecule has 0 unspecified atom stereocenters. The van der Waals surface area contributed by atoms with Crippen LogP contribution in [0.5, 0.6) is 0 Å². The van der Waals surface area contributed by atoms with E-state index >= 15 is 0 Å². The van der Waals surface area contributed by atoms with Gasteiger partial charge in [-0.2, -0.15) is 0 Å². The molecule has 162 valence electrons. The number of rotatable bonds is 9. The number of aliphatic hydroxyl groups is 2. The van der Waals surface area contributed by atoms with Crippen LogP contribution in [0.25, 0.3) is 0 Å². The molecular weight excluding hydrogens is 378 g/mol. The first kappa shape index (κ1) is 22.5. The molecule has 1 amide bonds. The number of nitrogens with zero attached hydrogens (tertiary/aromatic N) is 1. The number of benzene rings is 2. The number of amides is 1. The molecule has 1 saturated heterocycles. The second-order valence-electron chi connectivity index (χ2n) is 8.78. The SMILES string of the molecule is C[C@@H]1[C@@H](C(C)(C)O)[C@H](CCO)O[C@@H]1CCc1ccc(N(C=O)c2ccccc2)cc1. The molecule has 2 aromatic rings. The molecular formula is C25H33NO4. The van der Waals surface area contributed by atoms with Crippen molar-refractivity contribution in [1.82, 2.24) is 0 Å². The van der Waals surface area contributed by atoms with Crippen molar-refractivity contribution >= 4 is 17.8 Å². The average molecular weight is 412 g/mol. The highest BCUT2D eigenvalue weighted by atomic mass is 16.5. The number of ether oxygens (including phenoxy) is 1. The van der Waals surface area contributed by atoms with E-state index in [1.165, 1.54) is 5.56 Å². The summed E-state index contributed by atoms with van der Waals surface area (Å²) in [7, 11) is 0. The summed E-state index contributed by atoms with van der Waals surface area (Å²) < 4.78 is 6.24. The largest absolute Gasteiger partial charge is 0.396 e. The van der Waals surface area contributed by atoms with Crippen molar-refractivity contribution in [3.63, 3.8) is 0 Å². The summed E-state index contributed by atoms with van der Waals surface area (Å²) in [5.74, 6) is 0.216. The third kappa shape index (κ3) is 5.09. The lowest BCUT2D eigenvalue weighted by Crippen LogP contribution is -2.40. The number of carbonyl (C=O) groups is 1. The number of carbonyl (C=O) groups excluding carboxylic acids is 1. The molecule has 0 bridgehead atoms. The molecule has 0 aliphatic carbocycles. The second kappa shape index (κ2) is 9.73. The smallest absolute Gasteiger partial charge is 0.218 e. The molecule has 30 heavy (non-hydrogen) atoms. The van der Waals surface area contributed by atoms with Crippen LogP contribution in [0.4, 0.5) is 11.4 Å². The zero-order chi connectivity index (χ0) is 21.7. The van der Waals surface area contributed by atoms with Gasteiger partial charge in [-0.3, -0.25) is 9.69 Å². The molecule has 5 heteroatoms. The number of aliphatic hydroxyl groups excluding tert-OH is 1. The van der Waals surface area contributed by atoms with Gasteiger partial charge < -0.3 is 14.9 Å². The summed E-state index contributed by atoms with van der Waals surface area (Å²) >= 11 is 0. The number of para-hydroxylation sites is 1. The first-order valence-corrected chi connectivity index (χ1v) is 10.7. The van der Waals surface area contributed by atoms with Gasteiger partial charge in [0.05, 0.1) is 17.8 Å². The normalized spacial score (nSPS) is 24.0. The maximum absolute atomic E-state index is 11.6. The molecule has 3 rings (SSSR count). The summed E-state index contributed by atoms with van der Waals surface area (Å²) in [6.45, 7) is 5.85. The Hall–Kier alpha value is -2.21. The van der Waals surface area contributed by atoms with Crippen molar-refractivity contribution in [2.24, 2.45) is 11.8 Å². The lowest BCUT2D eigenvalue weighted by atomic mass is 9.76. The molecule has 1 aliphatic rings. The number of hydrogen-bond acceptors (Lipinski definition) is 4. The monoisotopic (exact) mass is 411 g/mol. The van der Waals surface area contributed by atoms with Crippen molar-refractivity contribution in [3.05, 3.63) is 60.2 Å². The standard InChI is InChI=1S/C25H33NO4/c1-18-22(30-23(15-16-27)24(18)25(2,3)29)14-11-19-9-12-21(13-10-19)26(17-28)20-7-5-4-6-8-20/h4-10,12-13,17-18,22-24,27,29H,11,14-16H2,1-3H3/t18-,22+,23-,24+/m0/s1. The van der Waals surface area contributed by atoms with Crippen LogP contribution in [0.3, 0.4) is 0 Å². The van der Waals surface area contributed by atoms with E-state index in [9.17, 15) is 15.0 Å². The molecule has 1 heterocycles. The quantitative estimate of drug-likeness (QED) is 0.610. The van der Waals surface area contributed by atoms with Crippen LogP contribution in [0.15, 0.2) is 54.6 Å². The lowest BCUT2D eigenvalue weighted by molar-refractivity contribution is -0.106. The van der Waals surface area contributed by atoms with E-state index in [-0.39, 0.29) is 30.7 Å². The van der Waals surface area contributed by atoms with E-state index in [0.717, 1.165) is 30.6 Å². The van der Waals surface area contributed by atoms with Crippen molar-refractivity contribution < 1.29 is 19.7 Å². The Balaban J connectivity index is 1.64. The fraction of sp³-hybridized carbons (Fsp3) is 0.480. The fourth-order valence-electron chi connectivity index (χ4n) is 4.80. The minimum absolute atomic E-state index is 0.00375. The van der Waals surface area contributed by atoms with Gasteiger partial charge in [0, 0.05) is 23.9 Å². The zero-order valence-corrected chi connectivity index (χ0v) is 18.1. The van der Waals surface area contributed by atoms with E-state index in [2.05, 4.69) is 6.92 Å². The van der Waals surface area contributed by atoms with Gasteiger partial charge in [-0.1, -0.05) is 37.3 Å². The fourth-order valence-corrected chi connectivity index (χ4v) is 4.80. The zero-order valence-electron chi connectivity index (χ0n) is 18.1. The van der Waals surface area contributed by atoms with Gasteiger partial charge in [0.25, 0.3) is 0 Å². The Morgan fingerprint density at radius 2 is 1.63 bits per heavy atom. The third-order valence-corrected chi connectivity index (χ3v) is 6.20. The van der Waals surface area contributed by atoms with Crippen molar-refractivity contribution in [1.29, 1.82) is 0 Å². The van der Waals surface area contributed by atoms with Gasteiger partial charge in [0.15, 0.2) is 0 Å². The molecule has 1 aliphatic heterocycles. The highest BCUT2D eigenvalue weighted by molar-refractivity contribution is 5.86. The van der Waals surface area contributed by atoms with Crippen LogP contribution in [-0.4, -0.2) is 41.0 Å². The van der Waals surface area contributed by atoms with Crippen LogP contribution in [0, 0.1) is 11.8 Å². The molecule has 1 fully saturated rings. The van der Waals surface area contributed by atoms with Gasteiger partial charge in [0.1, 0.15) is 0 Å². The molecule has 0 aromatic heterocycles.